The molecule has 2 rings (SSSR count). The van der Waals surface area contributed by atoms with Gasteiger partial charge in [-0.3, -0.25) is 4.98 Å². The number of nitrogens with zero attached hydrogens (tertiary/aromatic N) is 1. The Bertz CT molecular complexity index is 452. The van der Waals surface area contributed by atoms with Crippen LogP contribution in [0, 0.1) is 0 Å². The fourth-order valence-electron chi connectivity index (χ4n) is 1.94. The van der Waals surface area contributed by atoms with E-state index in [4.69, 9.17) is 0 Å². The summed E-state index contributed by atoms with van der Waals surface area (Å²) in [5, 5.41) is 13.3. The number of aromatic nitrogens is 1. The first-order chi connectivity index (χ1) is 9.06. The van der Waals surface area contributed by atoms with Crippen LogP contribution in [-0.4, -0.2) is 22.2 Å². The zero-order valence-electron chi connectivity index (χ0n) is 11.4. The summed E-state index contributed by atoms with van der Waals surface area (Å²) in [6.45, 7) is 4.09. The summed E-state index contributed by atoms with van der Waals surface area (Å²) >= 11 is 0. The highest BCUT2D eigenvalue weighted by Gasteiger charge is 2.19. The third kappa shape index (κ3) is 4.16. The van der Waals surface area contributed by atoms with E-state index in [1.165, 1.54) is 0 Å². The number of pyridine rings is 1. The number of benzene rings is 1. The lowest BCUT2D eigenvalue weighted by atomic mass is 10.0. The normalized spacial score (nSPS) is 13.2. The zero-order valence-corrected chi connectivity index (χ0v) is 11.4. The monoisotopic (exact) mass is 256 g/mol. The van der Waals surface area contributed by atoms with Crippen LogP contribution in [0.4, 0.5) is 0 Å². The molecular formula is C16H20N2O. The molecule has 1 aromatic heterocycles. The van der Waals surface area contributed by atoms with Crippen molar-refractivity contribution in [1.82, 2.24) is 10.3 Å². The first-order valence-corrected chi connectivity index (χ1v) is 6.48. The third-order valence-electron chi connectivity index (χ3n) is 2.86. The van der Waals surface area contributed by atoms with Gasteiger partial charge in [0.2, 0.25) is 0 Å². The van der Waals surface area contributed by atoms with E-state index in [2.05, 4.69) is 22.4 Å². The Morgan fingerprint density at radius 3 is 2.37 bits per heavy atom. The van der Waals surface area contributed by atoms with E-state index in [-0.39, 0.29) is 6.04 Å². The van der Waals surface area contributed by atoms with Crippen molar-refractivity contribution in [2.75, 3.05) is 6.54 Å². The van der Waals surface area contributed by atoms with Crippen molar-refractivity contribution in [2.24, 2.45) is 0 Å². The maximum absolute atomic E-state index is 9.88. The average molecular weight is 256 g/mol. The zero-order chi connectivity index (χ0) is 13.7. The minimum Gasteiger partial charge on any atom is -0.389 e. The van der Waals surface area contributed by atoms with Crippen LogP contribution in [0.1, 0.15) is 31.1 Å². The van der Waals surface area contributed by atoms with E-state index in [1.54, 1.807) is 20.0 Å². The number of nitrogens with one attached hydrogen (secondary N) is 1. The van der Waals surface area contributed by atoms with E-state index in [1.807, 2.05) is 36.4 Å². The lowest BCUT2D eigenvalue weighted by molar-refractivity contribution is 0.0776. The van der Waals surface area contributed by atoms with Crippen LogP contribution in [0.3, 0.4) is 0 Å². The van der Waals surface area contributed by atoms with Crippen molar-refractivity contribution in [1.29, 1.82) is 0 Å². The quantitative estimate of drug-likeness (QED) is 0.864. The molecule has 0 saturated carbocycles. The summed E-state index contributed by atoms with van der Waals surface area (Å²) in [7, 11) is 0. The molecule has 1 unspecified atom stereocenters. The van der Waals surface area contributed by atoms with Gasteiger partial charge in [-0.25, -0.2) is 0 Å². The van der Waals surface area contributed by atoms with Crippen LogP contribution in [0.25, 0.3) is 0 Å². The van der Waals surface area contributed by atoms with Gasteiger partial charge in [-0.1, -0.05) is 36.4 Å². The van der Waals surface area contributed by atoms with Gasteiger partial charge in [0.1, 0.15) is 0 Å². The highest BCUT2D eigenvalue weighted by molar-refractivity contribution is 5.27. The average Bonchev–Trinajstić information content (AvgIpc) is 2.40. The van der Waals surface area contributed by atoms with E-state index in [0.29, 0.717) is 6.54 Å². The highest BCUT2D eigenvalue weighted by Crippen LogP contribution is 2.20. The van der Waals surface area contributed by atoms with Gasteiger partial charge in [-0.05, 0) is 31.5 Å². The molecule has 1 atom stereocenters. The Hall–Kier alpha value is -1.71. The first kappa shape index (κ1) is 13.7. The maximum Gasteiger partial charge on any atom is 0.0752 e. The molecule has 3 heteroatoms. The van der Waals surface area contributed by atoms with Gasteiger partial charge >= 0.3 is 0 Å². The molecule has 0 aliphatic carbocycles. The topological polar surface area (TPSA) is 45.1 Å². The van der Waals surface area contributed by atoms with Gasteiger partial charge < -0.3 is 10.4 Å². The third-order valence-corrected chi connectivity index (χ3v) is 2.86. The molecule has 1 aromatic carbocycles. The second kappa shape index (κ2) is 5.95. The summed E-state index contributed by atoms with van der Waals surface area (Å²) in [5.41, 5.74) is 1.35. The van der Waals surface area contributed by atoms with Crippen molar-refractivity contribution in [2.45, 2.75) is 25.5 Å². The molecule has 19 heavy (non-hydrogen) atoms. The minimum absolute atomic E-state index is 0.00572. The molecule has 2 aromatic rings. The molecule has 0 amide bonds. The van der Waals surface area contributed by atoms with Crippen LogP contribution < -0.4 is 5.32 Å². The fourth-order valence-corrected chi connectivity index (χ4v) is 1.94. The highest BCUT2D eigenvalue weighted by atomic mass is 16.3. The summed E-state index contributed by atoms with van der Waals surface area (Å²) in [5.74, 6) is 0. The van der Waals surface area contributed by atoms with Gasteiger partial charge in [0.15, 0.2) is 0 Å². The first-order valence-electron chi connectivity index (χ1n) is 6.48. The van der Waals surface area contributed by atoms with Crippen LogP contribution in [0.2, 0.25) is 0 Å². The molecule has 1 heterocycles. The summed E-state index contributed by atoms with van der Waals surface area (Å²) in [4.78, 5) is 4.41. The maximum atomic E-state index is 9.88. The molecule has 2 N–H and O–H groups in total. The SMILES string of the molecule is CC(C)(O)CNC(c1ccccc1)c1ccccn1. The van der Waals surface area contributed by atoms with Gasteiger partial charge in [-0.2, -0.15) is 0 Å². The van der Waals surface area contributed by atoms with Gasteiger partial charge in [-0.15, -0.1) is 0 Å². The summed E-state index contributed by atoms with van der Waals surface area (Å²) < 4.78 is 0. The van der Waals surface area contributed by atoms with Crippen LogP contribution >= 0.6 is 0 Å². The lowest BCUT2D eigenvalue weighted by Crippen LogP contribution is -2.37. The van der Waals surface area contributed by atoms with Crippen molar-refractivity contribution >= 4 is 0 Å². The van der Waals surface area contributed by atoms with E-state index >= 15 is 0 Å². The molecule has 100 valence electrons. The molecule has 0 bridgehead atoms. The van der Waals surface area contributed by atoms with Crippen molar-refractivity contribution < 1.29 is 5.11 Å². The van der Waals surface area contributed by atoms with Gasteiger partial charge in [0.05, 0.1) is 17.3 Å². The Morgan fingerprint density at radius 2 is 1.79 bits per heavy atom. The smallest absolute Gasteiger partial charge is 0.0752 e. The van der Waals surface area contributed by atoms with Crippen molar-refractivity contribution in [3.63, 3.8) is 0 Å². The molecule has 0 fully saturated rings. The molecule has 0 spiro atoms. The number of hydrogen-bond donors (Lipinski definition) is 2. The van der Waals surface area contributed by atoms with Crippen LogP contribution in [0.15, 0.2) is 54.7 Å². The largest absolute Gasteiger partial charge is 0.389 e. The predicted molar refractivity (Wildman–Crippen MR) is 76.8 cm³/mol. The number of aliphatic hydroxyl groups is 1. The van der Waals surface area contributed by atoms with Gasteiger partial charge in [0, 0.05) is 12.7 Å². The van der Waals surface area contributed by atoms with E-state index < -0.39 is 5.60 Å². The van der Waals surface area contributed by atoms with Crippen LogP contribution in [0.5, 0.6) is 0 Å². The number of rotatable bonds is 5. The molecule has 0 radical (unpaired) electrons. The second-order valence-electron chi connectivity index (χ2n) is 5.29. The standard InChI is InChI=1S/C16H20N2O/c1-16(2,19)12-18-15(13-8-4-3-5-9-13)14-10-6-7-11-17-14/h3-11,15,18-19H,12H2,1-2H3. The number of hydrogen-bond acceptors (Lipinski definition) is 3. The lowest BCUT2D eigenvalue weighted by Gasteiger charge is -2.24. The van der Waals surface area contributed by atoms with Gasteiger partial charge in [0.25, 0.3) is 0 Å². The minimum atomic E-state index is -0.748. The Kier molecular flexibility index (Phi) is 4.30. The fraction of sp³-hybridized carbons (Fsp3) is 0.312. The Morgan fingerprint density at radius 1 is 1.11 bits per heavy atom. The predicted octanol–water partition coefficient (Wildman–Crippen LogP) is 2.53. The molecular weight excluding hydrogens is 236 g/mol. The van der Waals surface area contributed by atoms with Crippen molar-refractivity contribution in [3.8, 4) is 0 Å². The Labute approximate surface area is 114 Å². The van der Waals surface area contributed by atoms with E-state index in [0.717, 1.165) is 11.3 Å². The molecule has 0 aliphatic rings. The summed E-state index contributed by atoms with van der Waals surface area (Å²) in [6.07, 6.45) is 1.79. The molecule has 0 aliphatic heterocycles. The molecule has 0 saturated heterocycles. The second-order valence-corrected chi connectivity index (χ2v) is 5.29. The van der Waals surface area contributed by atoms with Crippen molar-refractivity contribution in [3.05, 3.63) is 66.0 Å². The Balaban J connectivity index is 2.24. The van der Waals surface area contributed by atoms with Crippen LogP contribution in [-0.2, 0) is 0 Å². The molecule has 3 nitrogen and oxygen atoms in total. The van der Waals surface area contributed by atoms with E-state index in [9.17, 15) is 5.11 Å². The summed E-state index contributed by atoms with van der Waals surface area (Å²) in [6, 6.07) is 16.0.